The van der Waals surface area contributed by atoms with E-state index in [1.54, 1.807) is 0 Å². The Labute approximate surface area is 98.5 Å². The molecule has 0 amide bonds. The van der Waals surface area contributed by atoms with Gasteiger partial charge in [0, 0.05) is 6.54 Å². The second-order valence-corrected chi connectivity index (χ2v) is 5.09. The normalized spacial score (nSPS) is 26.6. The monoisotopic (exact) mass is 272 g/mol. The molecule has 1 fully saturated rings. The number of hydrogen-bond donors (Lipinski definition) is 2. The van der Waals surface area contributed by atoms with Crippen LogP contribution in [0.3, 0.4) is 0 Å². The summed E-state index contributed by atoms with van der Waals surface area (Å²) in [5.41, 5.74) is 5.72. The van der Waals surface area contributed by atoms with E-state index in [0.717, 1.165) is 28.8 Å². The molecule has 1 aliphatic carbocycles. The maximum Gasteiger partial charge on any atom is 0.169 e. The van der Waals surface area contributed by atoms with Crippen molar-refractivity contribution in [2.75, 3.05) is 13.1 Å². The van der Waals surface area contributed by atoms with Gasteiger partial charge in [-0.15, -0.1) is 0 Å². The Morgan fingerprint density at radius 2 is 2.40 bits per heavy atom. The largest absolute Gasteiger partial charge is 0.453 e. The van der Waals surface area contributed by atoms with E-state index in [4.69, 9.17) is 10.2 Å². The van der Waals surface area contributed by atoms with Crippen molar-refractivity contribution in [3.8, 4) is 0 Å². The van der Waals surface area contributed by atoms with Crippen LogP contribution in [0.1, 0.15) is 25.1 Å². The summed E-state index contributed by atoms with van der Waals surface area (Å²) >= 11 is 3.30. The third-order valence-electron chi connectivity index (χ3n) is 3.08. The number of rotatable bonds is 5. The van der Waals surface area contributed by atoms with E-state index in [1.165, 1.54) is 6.42 Å². The molecule has 3 nitrogen and oxygen atoms in total. The molecule has 1 aromatic heterocycles. The van der Waals surface area contributed by atoms with Crippen molar-refractivity contribution in [2.24, 2.45) is 17.6 Å². The first-order valence-corrected chi connectivity index (χ1v) is 6.18. The smallest absolute Gasteiger partial charge is 0.169 e. The molecule has 4 heteroatoms. The second-order valence-electron chi connectivity index (χ2n) is 4.31. The highest BCUT2D eigenvalue weighted by Crippen LogP contribution is 2.37. The van der Waals surface area contributed by atoms with Gasteiger partial charge in [-0.3, -0.25) is 0 Å². The van der Waals surface area contributed by atoms with E-state index in [-0.39, 0.29) is 6.04 Å². The molecule has 15 heavy (non-hydrogen) atoms. The van der Waals surface area contributed by atoms with E-state index < -0.39 is 0 Å². The molecule has 0 spiro atoms. The third kappa shape index (κ3) is 2.83. The van der Waals surface area contributed by atoms with Crippen LogP contribution in [0.15, 0.2) is 21.2 Å². The van der Waals surface area contributed by atoms with Crippen molar-refractivity contribution in [2.45, 2.75) is 19.4 Å². The fraction of sp³-hybridized carbons (Fsp3) is 0.636. The summed E-state index contributed by atoms with van der Waals surface area (Å²) in [6.07, 6.45) is 1.34. The van der Waals surface area contributed by atoms with Crippen molar-refractivity contribution in [3.05, 3.63) is 22.6 Å². The van der Waals surface area contributed by atoms with Gasteiger partial charge in [-0.25, -0.2) is 0 Å². The molecule has 3 N–H and O–H groups in total. The molecular formula is C11H17BrN2O. The van der Waals surface area contributed by atoms with Gasteiger partial charge in [0.25, 0.3) is 0 Å². The molecule has 2 rings (SSSR count). The quantitative estimate of drug-likeness (QED) is 0.865. The molecule has 0 bridgehead atoms. The van der Waals surface area contributed by atoms with E-state index in [1.807, 2.05) is 12.1 Å². The zero-order valence-corrected chi connectivity index (χ0v) is 10.5. The van der Waals surface area contributed by atoms with Crippen LogP contribution < -0.4 is 11.1 Å². The Hall–Kier alpha value is -0.320. The Morgan fingerprint density at radius 1 is 1.67 bits per heavy atom. The van der Waals surface area contributed by atoms with Crippen LogP contribution in [0, 0.1) is 11.8 Å². The molecule has 0 radical (unpaired) electrons. The summed E-state index contributed by atoms with van der Waals surface area (Å²) in [6, 6.07) is 4.01. The summed E-state index contributed by atoms with van der Waals surface area (Å²) in [5.74, 6) is 2.62. The Kier molecular flexibility index (Phi) is 3.49. The molecule has 1 aliphatic rings. The zero-order valence-electron chi connectivity index (χ0n) is 8.87. The highest BCUT2D eigenvalue weighted by atomic mass is 79.9. The van der Waals surface area contributed by atoms with Crippen molar-refractivity contribution in [1.29, 1.82) is 0 Å². The molecule has 3 atom stereocenters. The number of hydrogen-bond acceptors (Lipinski definition) is 3. The van der Waals surface area contributed by atoms with Crippen molar-refractivity contribution < 1.29 is 4.42 Å². The Morgan fingerprint density at radius 3 is 2.87 bits per heavy atom. The van der Waals surface area contributed by atoms with Crippen molar-refractivity contribution in [1.82, 2.24) is 5.32 Å². The maximum atomic E-state index is 5.72. The molecule has 1 aromatic rings. The minimum Gasteiger partial charge on any atom is -0.453 e. The number of nitrogens with one attached hydrogen (secondary N) is 1. The lowest BCUT2D eigenvalue weighted by molar-refractivity contribution is 0.399. The predicted molar refractivity (Wildman–Crippen MR) is 63.5 cm³/mol. The van der Waals surface area contributed by atoms with Gasteiger partial charge in [0.15, 0.2) is 4.67 Å². The average Bonchev–Trinajstić information content (AvgIpc) is 2.73. The van der Waals surface area contributed by atoms with Crippen LogP contribution in [-0.4, -0.2) is 13.1 Å². The lowest BCUT2D eigenvalue weighted by Gasteiger charge is -2.13. The van der Waals surface area contributed by atoms with E-state index >= 15 is 0 Å². The summed E-state index contributed by atoms with van der Waals surface area (Å²) < 4.78 is 6.25. The van der Waals surface area contributed by atoms with Gasteiger partial charge in [0.2, 0.25) is 0 Å². The first kappa shape index (κ1) is 11.2. The van der Waals surface area contributed by atoms with Gasteiger partial charge in [0.05, 0.1) is 6.04 Å². The Bertz CT molecular complexity index is 326. The van der Waals surface area contributed by atoms with Crippen LogP contribution in [0.4, 0.5) is 0 Å². The van der Waals surface area contributed by atoms with E-state index in [9.17, 15) is 0 Å². The summed E-state index contributed by atoms with van der Waals surface area (Å²) in [6.45, 7) is 3.90. The summed E-state index contributed by atoms with van der Waals surface area (Å²) in [5, 5.41) is 3.45. The van der Waals surface area contributed by atoms with Gasteiger partial charge in [-0.1, -0.05) is 6.92 Å². The van der Waals surface area contributed by atoms with Crippen LogP contribution in [0.25, 0.3) is 0 Å². The van der Waals surface area contributed by atoms with Crippen LogP contribution in [0.2, 0.25) is 0 Å². The van der Waals surface area contributed by atoms with Crippen LogP contribution >= 0.6 is 15.9 Å². The fourth-order valence-corrected chi connectivity index (χ4v) is 2.11. The van der Waals surface area contributed by atoms with E-state index in [2.05, 4.69) is 28.2 Å². The second kappa shape index (κ2) is 4.68. The topological polar surface area (TPSA) is 51.2 Å². The highest BCUT2D eigenvalue weighted by molar-refractivity contribution is 9.10. The number of furan rings is 1. The van der Waals surface area contributed by atoms with Crippen molar-refractivity contribution in [3.63, 3.8) is 0 Å². The fourth-order valence-electron chi connectivity index (χ4n) is 1.79. The van der Waals surface area contributed by atoms with Gasteiger partial charge >= 0.3 is 0 Å². The van der Waals surface area contributed by atoms with Gasteiger partial charge in [-0.2, -0.15) is 0 Å². The molecule has 1 saturated carbocycles. The van der Waals surface area contributed by atoms with Gasteiger partial charge in [0.1, 0.15) is 5.76 Å². The minimum atomic E-state index is 0.143. The number of nitrogens with two attached hydrogens (primary N) is 1. The van der Waals surface area contributed by atoms with E-state index in [0.29, 0.717) is 6.54 Å². The van der Waals surface area contributed by atoms with Gasteiger partial charge in [-0.05, 0) is 52.9 Å². The van der Waals surface area contributed by atoms with Crippen molar-refractivity contribution >= 4 is 15.9 Å². The average molecular weight is 273 g/mol. The van der Waals surface area contributed by atoms with Crippen LogP contribution in [0.5, 0.6) is 0 Å². The SMILES string of the molecule is CC1CC1CNC(CN)c1ccc(Br)o1. The highest BCUT2D eigenvalue weighted by Gasteiger charge is 2.32. The third-order valence-corrected chi connectivity index (χ3v) is 3.50. The van der Waals surface area contributed by atoms with Gasteiger partial charge < -0.3 is 15.5 Å². The molecule has 0 aromatic carbocycles. The summed E-state index contributed by atoms with van der Waals surface area (Å²) in [7, 11) is 0. The maximum absolute atomic E-state index is 5.72. The minimum absolute atomic E-state index is 0.143. The first-order valence-electron chi connectivity index (χ1n) is 5.39. The standard InChI is InChI=1S/C11H17BrN2O/c1-7-4-8(7)6-14-9(5-13)10-2-3-11(12)15-10/h2-3,7-9,14H,4-6,13H2,1H3. The molecule has 0 saturated heterocycles. The molecule has 3 unspecified atom stereocenters. The lowest BCUT2D eigenvalue weighted by Crippen LogP contribution is -2.29. The molecular weight excluding hydrogens is 256 g/mol. The number of halogens is 1. The van der Waals surface area contributed by atoms with Crippen LogP contribution in [-0.2, 0) is 0 Å². The lowest BCUT2D eigenvalue weighted by atomic mass is 10.2. The molecule has 1 heterocycles. The molecule has 0 aliphatic heterocycles. The molecule has 84 valence electrons. The predicted octanol–water partition coefficient (Wildman–Crippen LogP) is 2.29. The Balaban J connectivity index is 1.86. The summed E-state index contributed by atoms with van der Waals surface area (Å²) in [4.78, 5) is 0. The zero-order chi connectivity index (χ0) is 10.8. The first-order chi connectivity index (χ1) is 7.20.